The van der Waals surface area contributed by atoms with Gasteiger partial charge < -0.3 is 5.32 Å². The van der Waals surface area contributed by atoms with Gasteiger partial charge in [-0.3, -0.25) is 15.5 Å². The van der Waals surface area contributed by atoms with Crippen LogP contribution in [0.2, 0.25) is 5.02 Å². The molecule has 0 saturated carbocycles. The van der Waals surface area contributed by atoms with Crippen LogP contribution in [-0.4, -0.2) is 15.7 Å². The smallest absolute Gasteiger partial charge is 0.288 e. The second-order valence-corrected chi connectivity index (χ2v) is 6.78. The van der Waals surface area contributed by atoms with Crippen molar-refractivity contribution in [1.29, 1.82) is 0 Å². The second-order valence-electron chi connectivity index (χ2n) is 5.96. The van der Waals surface area contributed by atoms with Crippen LogP contribution in [0.25, 0.3) is 0 Å². The summed E-state index contributed by atoms with van der Waals surface area (Å²) in [7, 11) is 0. The van der Waals surface area contributed by atoms with Crippen LogP contribution in [0.3, 0.4) is 0 Å². The van der Waals surface area contributed by atoms with Crippen molar-refractivity contribution < 1.29 is 4.92 Å². The monoisotopic (exact) mass is 390 g/mol. The molecule has 8 heteroatoms. The van der Waals surface area contributed by atoms with Crippen molar-refractivity contribution in [3.63, 3.8) is 0 Å². The predicted molar refractivity (Wildman–Crippen MR) is 110 cm³/mol. The number of nitro benzene ring substituents is 1. The lowest BCUT2D eigenvalue weighted by Gasteiger charge is -2.10. The highest BCUT2D eigenvalue weighted by Crippen LogP contribution is 2.25. The zero-order valence-corrected chi connectivity index (χ0v) is 16.2. The minimum Gasteiger partial charge on any atom is -0.331 e. The van der Waals surface area contributed by atoms with E-state index in [-0.39, 0.29) is 10.7 Å². The maximum atomic E-state index is 11.0. The summed E-state index contributed by atoms with van der Waals surface area (Å²) in [4.78, 5) is 10.4. The summed E-state index contributed by atoms with van der Waals surface area (Å²) in [6.07, 6.45) is 0. The summed E-state index contributed by atoms with van der Waals surface area (Å²) >= 11 is 11.0. The molecule has 0 atom stereocenters. The normalized spacial score (nSPS) is 11.3. The van der Waals surface area contributed by atoms with Gasteiger partial charge in [-0.25, -0.2) is 0 Å². The van der Waals surface area contributed by atoms with E-state index in [1.54, 1.807) is 13.0 Å². The van der Waals surface area contributed by atoms with Gasteiger partial charge in [-0.15, -0.1) is 0 Å². The van der Waals surface area contributed by atoms with E-state index in [2.05, 4.69) is 29.7 Å². The minimum atomic E-state index is -0.528. The lowest BCUT2D eigenvalue weighted by Crippen LogP contribution is -2.25. The summed E-state index contributed by atoms with van der Waals surface area (Å²) < 4.78 is 0. The molecule has 0 unspecified atom stereocenters. The third kappa shape index (κ3) is 5.24. The van der Waals surface area contributed by atoms with Crippen molar-refractivity contribution in [2.75, 3.05) is 5.32 Å². The van der Waals surface area contributed by atoms with Crippen LogP contribution in [0.15, 0.2) is 47.6 Å². The standard InChI is InChI=1S/C18H19ClN4O2S/c1-11(2)13-4-7-15(8-5-13)20-18(26)22-21-12(3)14-6-9-16(19)17(10-14)23(24)25/h4-11H,1-3H3,(H2,20,22,26)/b21-12-. The summed E-state index contributed by atoms with van der Waals surface area (Å²) in [6, 6.07) is 12.5. The van der Waals surface area contributed by atoms with Crippen LogP contribution in [0.4, 0.5) is 11.4 Å². The number of nitrogens with zero attached hydrogens (tertiary/aromatic N) is 2. The topological polar surface area (TPSA) is 79.6 Å². The third-order valence-electron chi connectivity index (χ3n) is 3.72. The Morgan fingerprint density at radius 1 is 1.23 bits per heavy atom. The Kier molecular flexibility index (Phi) is 6.65. The Labute approximate surface area is 162 Å². The molecule has 2 N–H and O–H groups in total. The molecule has 2 aromatic carbocycles. The highest BCUT2D eigenvalue weighted by Gasteiger charge is 2.13. The Hall–Kier alpha value is -2.51. The van der Waals surface area contributed by atoms with E-state index in [9.17, 15) is 10.1 Å². The number of hydrogen-bond acceptors (Lipinski definition) is 4. The zero-order chi connectivity index (χ0) is 19.3. The maximum absolute atomic E-state index is 11.0. The Balaban J connectivity index is 2.03. The quantitative estimate of drug-likeness (QED) is 0.322. The number of hydrogen-bond donors (Lipinski definition) is 2. The van der Waals surface area contributed by atoms with E-state index in [1.807, 2.05) is 24.3 Å². The van der Waals surface area contributed by atoms with Crippen molar-refractivity contribution in [2.45, 2.75) is 26.7 Å². The van der Waals surface area contributed by atoms with Crippen LogP contribution in [0.5, 0.6) is 0 Å². The van der Waals surface area contributed by atoms with E-state index >= 15 is 0 Å². The molecule has 0 amide bonds. The van der Waals surface area contributed by atoms with E-state index in [0.29, 0.717) is 22.3 Å². The predicted octanol–water partition coefficient (Wildman–Crippen LogP) is 5.08. The lowest BCUT2D eigenvalue weighted by molar-refractivity contribution is -0.384. The van der Waals surface area contributed by atoms with Crippen molar-refractivity contribution in [3.8, 4) is 0 Å². The molecule has 0 spiro atoms. The maximum Gasteiger partial charge on any atom is 0.288 e. The van der Waals surface area contributed by atoms with Crippen molar-refractivity contribution in [3.05, 3.63) is 68.7 Å². The van der Waals surface area contributed by atoms with Gasteiger partial charge in [-0.2, -0.15) is 5.10 Å². The lowest BCUT2D eigenvalue weighted by atomic mass is 10.0. The molecule has 0 aliphatic heterocycles. The molecule has 136 valence electrons. The fraction of sp³-hybridized carbons (Fsp3) is 0.222. The molecule has 2 rings (SSSR count). The summed E-state index contributed by atoms with van der Waals surface area (Å²) in [5.41, 5.74) is 5.79. The molecule has 0 radical (unpaired) electrons. The SMILES string of the molecule is C/C(=N/NC(=S)Nc1ccc(C(C)C)cc1)c1ccc(Cl)c([N+](=O)[O-])c1. The molecule has 6 nitrogen and oxygen atoms in total. The Morgan fingerprint density at radius 2 is 1.88 bits per heavy atom. The average molecular weight is 391 g/mol. The van der Waals surface area contributed by atoms with Gasteiger partial charge in [0.2, 0.25) is 0 Å². The fourth-order valence-electron chi connectivity index (χ4n) is 2.19. The zero-order valence-electron chi connectivity index (χ0n) is 14.6. The molecule has 0 bridgehead atoms. The minimum absolute atomic E-state index is 0.0848. The number of rotatable bonds is 5. The van der Waals surface area contributed by atoms with Gasteiger partial charge in [-0.1, -0.05) is 43.6 Å². The first-order chi connectivity index (χ1) is 12.3. The Bertz CT molecular complexity index is 851. The van der Waals surface area contributed by atoms with Crippen molar-refractivity contribution in [1.82, 2.24) is 5.43 Å². The first kappa shape index (κ1) is 19.8. The fourth-order valence-corrected chi connectivity index (χ4v) is 2.54. The molecule has 0 fully saturated rings. The van der Waals surface area contributed by atoms with E-state index in [4.69, 9.17) is 23.8 Å². The number of anilines is 1. The molecule has 0 aromatic heterocycles. The largest absolute Gasteiger partial charge is 0.331 e. The number of nitro groups is 1. The Morgan fingerprint density at radius 3 is 2.46 bits per heavy atom. The van der Waals surface area contributed by atoms with Crippen molar-refractivity contribution in [2.24, 2.45) is 5.10 Å². The first-order valence-corrected chi connectivity index (χ1v) is 8.72. The first-order valence-electron chi connectivity index (χ1n) is 7.93. The van der Waals surface area contributed by atoms with E-state index in [0.717, 1.165) is 5.69 Å². The molecule has 0 saturated heterocycles. The van der Waals surface area contributed by atoms with Crippen LogP contribution < -0.4 is 10.7 Å². The summed E-state index contributed by atoms with van der Waals surface area (Å²) in [6.45, 7) is 5.99. The number of benzene rings is 2. The van der Waals surface area contributed by atoms with Crippen LogP contribution in [0.1, 0.15) is 37.8 Å². The van der Waals surface area contributed by atoms with E-state index < -0.39 is 4.92 Å². The van der Waals surface area contributed by atoms with Gasteiger partial charge in [0.25, 0.3) is 5.69 Å². The number of halogens is 1. The molecule has 0 aliphatic carbocycles. The molecule has 0 heterocycles. The van der Waals surface area contributed by atoms with Crippen LogP contribution in [0, 0.1) is 10.1 Å². The van der Waals surface area contributed by atoms with Gasteiger partial charge in [0.05, 0.1) is 10.6 Å². The average Bonchev–Trinajstić information content (AvgIpc) is 2.60. The van der Waals surface area contributed by atoms with Gasteiger partial charge in [0.15, 0.2) is 5.11 Å². The van der Waals surface area contributed by atoms with Crippen molar-refractivity contribution >= 4 is 46.0 Å². The van der Waals surface area contributed by atoms with Crippen LogP contribution in [-0.2, 0) is 0 Å². The van der Waals surface area contributed by atoms with Gasteiger partial charge >= 0.3 is 0 Å². The highest BCUT2D eigenvalue weighted by molar-refractivity contribution is 7.80. The summed E-state index contributed by atoms with van der Waals surface area (Å²) in [5, 5.41) is 18.6. The number of hydrazone groups is 1. The summed E-state index contributed by atoms with van der Waals surface area (Å²) in [5.74, 6) is 0.463. The van der Waals surface area contributed by atoms with Gasteiger partial charge in [0.1, 0.15) is 5.02 Å². The van der Waals surface area contributed by atoms with Crippen LogP contribution >= 0.6 is 23.8 Å². The number of thiocarbonyl (C=S) groups is 1. The van der Waals surface area contributed by atoms with Gasteiger partial charge in [-0.05, 0) is 48.8 Å². The molecular weight excluding hydrogens is 372 g/mol. The number of nitrogens with one attached hydrogen (secondary N) is 2. The van der Waals surface area contributed by atoms with E-state index in [1.165, 1.54) is 17.7 Å². The molecular formula is C18H19ClN4O2S. The highest BCUT2D eigenvalue weighted by atomic mass is 35.5. The molecule has 2 aromatic rings. The molecule has 26 heavy (non-hydrogen) atoms. The second kappa shape index (κ2) is 8.73. The molecule has 0 aliphatic rings. The third-order valence-corrected chi connectivity index (χ3v) is 4.23. The van der Waals surface area contributed by atoms with Gasteiger partial charge in [0, 0.05) is 17.3 Å².